The molecule has 1 atom stereocenters. The number of rotatable bonds is 8. The number of hydrogen-bond donors (Lipinski definition) is 1. The first-order valence-electron chi connectivity index (χ1n) is 8.09. The quantitative estimate of drug-likeness (QED) is 0.806. The van der Waals surface area contributed by atoms with Crippen LogP contribution in [0.25, 0.3) is 0 Å². The maximum Gasteiger partial charge on any atom is 0.129 e. The van der Waals surface area contributed by atoms with Gasteiger partial charge in [-0.15, -0.1) is 0 Å². The molecule has 2 aromatic rings. The number of halogens is 1. The number of benzene rings is 2. The van der Waals surface area contributed by atoms with Gasteiger partial charge in [-0.05, 0) is 36.9 Å². The van der Waals surface area contributed by atoms with Crippen LogP contribution in [0.1, 0.15) is 31.0 Å². The third-order valence-corrected chi connectivity index (χ3v) is 4.09. The first-order valence-corrected chi connectivity index (χ1v) is 8.09. The van der Waals surface area contributed by atoms with E-state index < -0.39 is 0 Å². The minimum Gasteiger partial charge on any atom is -0.489 e. The van der Waals surface area contributed by atoms with Gasteiger partial charge in [-0.25, -0.2) is 4.39 Å². The van der Waals surface area contributed by atoms with Crippen LogP contribution in [-0.2, 0) is 6.61 Å². The van der Waals surface area contributed by atoms with Crippen LogP contribution in [0, 0.1) is 5.82 Å². The van der Waals surface area contributed by atoms with Crippen molar-refractivity contribution in [2.45, 2.75) is 26.5 Å². The van der Waals surface area contributed by atoms with Crippen molar-refractivity contribution in [2.75, 3.05) is 19.6 Å². The van der Waals surface area contributed by atoms with Crippen molar-refractivity contribution in [3.8, 4) is 5.75 Å². The van der Waals surface area contributed by atoms with E-state index in [0.29, 0.717) is 12.1 Å². The summed E-state index contributed by atoms with van der Waals surface area (Å²) in [5.41, 5.74) is 7.66. The van der Waals surface area contributed by atoms with Crippen LogP contribution in [-0.4, -0.2) is 24.5 Å². The molecule has 0 bridgehead atoms. The summed E-state index contributed by atoms with van der Waals surface area (Å²) in [6.45, 7) is 7.00. The maximum absolute atomic E-state index is 13.6. The normalized spacial score (nSPS) is 12.4. The molecule has 0 fully saturated rings. The van der Waals surface area contributed by atoms with Gasteiger partial charge in [-0.1, -0.05) is 44.2 Å². The van der Waals surface area contributed by atoms with E-state index in [0.717, 1.165) is 18.8 Å². The second-order valence-corrected chi connectivity index (χ2v) is 5.42. The Morgan fingerprint density at radius 2 is 1.70 bits per heavy atom. The molecule has 0 spiro atoms. The van der Waals surface area contributed by atoms with Crippen LogP contribution < -0.4 is 10.5 Å². The van der Waals surface area contributed by atoms with E-state index >= 15 is 0 Å². The standard InChI is InChI=1S/C19H25FN2O/c1-3-22(4-2)19(13-21)15-9-11-17(12-10-15)23-14-16-7-5-6-8-18(16)20/h5-12,19H,3-4,13-14,21H2,1-2H3. The summed E-state index contributed by atoms with van der Waals surface area (Å²) in [5, 5.41) is 0. The van der Waals surface area contributed by atoms with Gasteiger partial charge in [0.25, 0.3) is 0 Å². The molecule has 1 unspecified atom stereocenters. The molecule has 0 aromatic heterocycles. The Balaban J connectivity index is 2.03. The van der Waals surface area contributed by atoms with E-state index in [1.165, 1.54) is 11.6 Å². The van der Waals surface area contributed by atoms with Gasteiger partial charge in [0.15, 0.2) is 0 Å². The lowest BCUT2D eigenvalue weighted by Crippen LogP contribution is -2.33. The zero-order valence-corrected chi connectivity index (χ0v) is 13.8. The van der Waals surface area contributed by atoms with Gasteiger partial charge in [-0.2, -0.15) is 0 Å². The van der Waals surface area contributed by atoms with Crippen molar-refractivity contribution in [1.82, 2.24) is 4.90 Å². The van der Waals surface area contributed by atoms with Crippen LogP contribution in [0.4, 0.5) is 4.39 Å². The topological polar surface area (TPSA) is 38.5 Å². The highest BCUT2D eigenvalue weighted by Gasteiger charge is 2.16. The fourth-order valence-corrected chi connectivity index (χ4v) is 2.72. The molecule has 4 heteroatoms. The molecular weight excluding hydrogens is 291 g/mol. The zero-order valence-electron chi connectivity index (χ0n) is 13.8. The van der Waals surface area contributed by atoms with Crippen molar-refractivity contribution in [3.05, 3.63) is 65.5 Å². The molecular formula is C19H25FN2O. The molecule has 124 valence electrons. The van der Waals surface area contributed by atoms with Gasteiger partial charge in [-0.3, -0.25) is 4.90 Å². The summed E-state index contributed by atoms with van der Waals surface area (Å²) >= 11 is 0. The van der Waals surface area contributed by atoms with E-state index in [1.54, 1.807) is 18.2 Å². The number of ether oxygens (including phenoxy) is 1. The Kier molecular flexibility index (Phi) is 6.56. The highest BCUT2D eigenvalue weighted by molar-refractivity contribution is 5.30. The lowest BCUT2D eigenvalue weighted by Gasteiger charge is -2.29. The molecule has 2 rings (SSSR count). The van der Waals surface area contributed by atoms with E-state index in [9.17, 15) is 4.39 Å². The summed E-state index contributed by atoms with van der Waals surface area (Å²) in [4.78, 5) is 2.33. The molecule has 0 aliphatic heterocycles. The Bertz CT molecular complexity index is 597. The average Bonchev–Trinajstić information content (AvgIpc) is 2.59. The van der Waals surface area contributed by atoms with E-state index in [2.05, 4.69) is 18.7 Å². The molecule has 3 nitrogen and oxygen atoms in total. The minimum absolute atomic E-state index is 0.214. The molecule has 23 heavy (non-hydrogen) atoms. The van der Waals surface area contributed by atoms with E-state index in [-0.39, 0.29) is 18.5 Å². The predicted molar refractivity (Wildman–Crippen MR) is 91.9 cm³/mol. The van der Waals surface area contributed by atoms with Crippen LogP contribution in [0.3, 0.4) is 0 Å². The highest BCUT2D eigenvalue weighted by atomic mass is 19.1. The Morgan fingerprint density at radius 1 is 1.04 bits per heavy atom. The SMILES string of the molecule is CCN(CC)C(CN)c1ccc(OCc2ccccc2F)cc1. The van der Waals surface area contributed by atoms with Crippen molar-refractivity contribution in [3.63, 3.8) is 0 Å². The van der Waals surface area contributed by atoms with Gasteiger partial charge < -0.3 is 10.5 Å². The second-order valence-electron chi connectivity index (χ2n) is 5.42. The molecule has 0 saturated carbocycles. The number of nitrogens with two attached hydrogens (primary N) is 1. The average molecular weight is 316 g/mol. The smallest absolute Gasteiger partial charge is 0.129 e. The van der Waals surface area contributed by atoms with Crippen LogP contribution in [0.15, 0.2) is 48.5 Å². The molecule has 0 saturated heterocycles. The van der Waals surface area contributed by atoms with Gasteiger partial charge >= 0.3 is 0 Å². The third-order valence-electron chi connectivity index (χ3n) is 4.09. The molecule has 2 N–H and O–H groups in total. The summed E-state index contributed by atoms with van der Waals surface area (Å²) in [5.74, 6) is 0.487. The number of nitrogens with zero attached hydrogens (tertiary/aromatic N) is 1. The first-order chi connectivity index (χ1) is 11.2. The Hall–Kier alpha value is -1.91. The Morgan fingerprint density at radius 3 is 2.26 bits per heavy atom. The first kappa shape index (κ1) is 17.4. The van der Waals surface area contributed by atoms with Crippen LogP contribution in [0.2, 0.25) is 0 Å². The fourth-order valence-electron chi connectivity index (χ4n) is 2.72. The number of hydrogen-bond acceptors (Lipinski definition) is 3. The molecule has 0 radical (unpaired) electrons. The lowest BCUT2D eigenvalue weighted by atomic mass is 10.1. The highest BCUT2D eigenvalue weighted by Crippen LogP contribution is 2.23. The van der Waals surface area contributed by atoms with Gasteiger partial charge in [0.1, 0.15) is 18.2 Å². The minimum atomic E-state index is -0.242. The summed E-state index contributed by atoms with van der Waals surface area (Å²) in [6.07, 6.45) is 0. The molecule has 2 aromatic carbocycles. The summed E-state index contributed by atoms with van der Waals surface area (Å²) in [6, 6.07) is 14.8. The van der Waals surface area contributed by atoms with Crippen molar-refractivity contribution < 1.29 is 9.13 Å². The van der Waals surface area contributed by atoms with Crippen molar-refractivity contribution in [2.24, 2.45) is 5.73 Å². The number of likely N-dealkylation sites (N-methyl/N-ethyl adjacent to an activating group) is 1. The fraction of sp³-hybridized carbons (Fsp3) is 0.368. The summed E-state index contributed by atoms with van der Waals surface area (Å²) < 4.78 is 19.2. The lowest BCUT2D eigenvalue weighted by molar-refractivity contribution is 0.224. The third kappa shape index (κ3) is 4.53. The van der Waals surface area contributed by atoms with Crippen LogP contribution >= 0.6 is 0 Å². The molecule has 0 aliphatic carbocycles. The molecule has 0 aliphatic rings. The molecule has 0 heterocycles. The Labute approximate surface area is 137 Å². The monoisotopic (exact) mass is 316 g/mol. The van der Waals surface area contributed by atoms with Crippen molar-refractivity contribution >= 4 is 0 Å². The van der Waals surface area contributed by atoms with Gasteiger partial charge in [0.05, 0.1) is 0 Å². The van der Waals surface area contributed by atoms with Gasteiger partial charge in [0.2, 0.25) is 0 Å². The predicted octanol–water partition coefficient (Wildman–Crippen LogP) is 3.75. The van der Waals surface area contributed by atoms with E-state index in [4.69, 9.17) is 10.5 Å². The zero-order chi connectivity index (χ0) is 16.7. The van der Waals surface area contributed by atoms with Crippen molar-refractivity contribution in [1.29, 1.82) is 0 Å². The second kappa shape index (κ2) is 8.65. The summed E-state index contributed by atoms with van der Waals surface area (Å²) in [7, 11) is 0. The van der Waals surface area contributed by atoms with Crippen LogP contribution in [0.5, 0.6) is 5.75 Å². The maximum atomic E-state index is 13.6. The van der Waals surface area contributed by atoms with E-state index in [1.807, 2.05) is 24.3 Å². The molecule has 0 amide bonds. The largest absolute Gasteiger partial charge is 0.489 e. The van der Waals surface area contributed by atoms with Gasteiger partial charge in [0, 0.05) is 18.2 Å².